The van der Waals surface area contributed by atoms with Crippen molar-refractivity contribution >= 4 is 19.1 Å². The Kier molecular flexibility index (Phi) is 5.47. The van der Waals surface area contributed by atoms with Gasteiger partial charge in [-0.15, -0.1) is 0 Å². The molecule has 2 rings (SSSR count). The zero-order chi connectivity index (χ0) is 20.7. The molecule has 1 N–H and O–H groups in total. The minimum atomic E-state index is -1.32. The number of pyridine rings is 1. The summed E-state index contributed by atoms with van der Waals surface area (Å²) in [5, 5.41) is 10.5. The Morgan fingerprint density at radius 1 is 1.15 bits per heavy atom. The Morgan fingerprint density at radius 3 is 2.22 bits per heavy atom. The van der Waals surface area contributed by atoms with Crippen molar-refractivity contribution in [3.05, 3.63) is 55.8 Å². The summed E-state index contributed by atoms with van der Waals surface area (Å²) in [6.07, 6.45) is -1.32. The minimum absolute atomic E-state index is 0.245. The molecule has 1 aromatic carbocycles. The normalized spacial score (nSPS) is 12.8. The van der Waals surface area contributed by atoms with Crippen LogP contribution in [0.15, 0.2) is 23.0 Å². The molecule has 27 heavy (non-hydrogen) atoms. The Labute approximate surface area is 159 Å². The number of hydrogen-bond acceptors (Lipinski definition) is 3. The first-order chi connectivity index (χ1) is 12.3. The van der Waals surface area contributed by atoms with Gasteiger partial charge in [0.15, 0.2) is 6.10 Å². The van der Waals surface area contributed by atoms with E-state index in [0.29, 0.717) is 10.8 Å². The third kappa shape index (κ3) is 4.03. The molecule has 5 nitrogen and oxygen atoms in total. The average molecular weight is 369 g/mol. The molecule has 5 heteroatoms. The molecule has 0 saturated carbocycles. The number of aliphatic carboxylic acids is 1. The summed E-state index contributed by atoms with van der Waals surface area (Å²) in [6.45, 7) is 17.2. The molecular weight excluding hydrogens is 342 g/mol. The van der Waals surface area contributed by atoms with Crippen LogP contribution in [-0.2, 0) is 16.6 Å². The van der Waals surface area contributed by atoms with E-state index in [-0.39, 0.29) is 16.5 Å². The maximum absolute atomic E-state index is 12.6. The molecule has 0 saturated heterocycles. The van der Waals surface area contributed by atoms with Gasteiger partial charge in [0.2, 0.25) is 0 Å². The minimum Gasteiger partial charge on any atom is -0.479 e. The number of carboxylic acids is 1. The average Bonchev–Trinajstić information content (AvgIpc) is 2.56. The summed E-state index contributed by atoms with van der Waals surface area (Å²) < 4.78 is 7.14. The zero-order valence-electron chi connectivity index (χ0n) is 16.8. The lowest BCUT2D eigenvalue weighted by atomic mass is 9.95. The number of hydrogen-bond donors (Lipinski definition) is 1. The molecular formula is C22H27NO4. The number of ether oxygens (including phenoxy) is 1. The molecule has 0 bridgehead atoms. The second kappa shape index (κ2) is 7.16. The predicted octanol–water partition coefficient (Wildman–Crippen LogP) is 2.43. The maximum Gasteiger partial charge on any atom is 0.339 e. The number of aryl methyl sites for hydroxylation is 2. The molecule has 1 atom stereocenters. The first-order valence-electron chi connectivity index (χ1n) is 8.74. The molecule has 0 fully saturated rings. The number of carbonyl (C=O) groups is 1. The van der Waals surface area contributed by atoms with Crippen molar-refractivity contribution in [3.63, 3.8) is 0 Å². The highest BCUT2D eigenvalue weighted by Crippen LogP contribution is 2.30. The summed E-state index contributed by atoms with van der Waals surface area (Å²) in [5.41, 5.74) is 2.69. The van der Waals surface area contributed by atoms with Crippen LogP contribution >= 0.6 is 0 Å². The molecule has 0 aliphatic rings. The van der Waals surface area contributed by atoms with Crippen molar-refractivity contribution in [2.24, 2.45) is 7.05 Å². The lowest BCUT2D eigenvalue weighted by Crippen LogP contribution is -2.47. The van der Waals surface area contributed by atoms with Crippen LogP contribution in [-0.4, -0.2) is 21.2 Å². The monoisotopic (exact) mass is 369 g/mol. The van der Waals surface area contributed by atoms with Gasteiger partial charge in [-0.2, -0.15) is 0 Å². The molecule has 0 radical (unpaired) electrons. The highest BCUT2D eigenvalue weighted by Gasteiger charge is 2.32. The van der Waals surface area contributed by atoms with Crippen LogP contribution in [0, 0.1) is 13.8 Å². The largest absolute Gasteiger partial charge is 0.479 e. The number of nitrogens with zero attached hydrogens (tertiary/aromatic N) is 1. The van der Waals surface area contributed by atoms with Crippen molar-refractivity contribution < 1.29 is 14.6 Å². The van der Waals surface area contributed by atoms with E-state index in [1.165, 1.54) is 11.6 Å². The van der Waals surface area contributed by atoms with Crippen molar-refractivity contribution in [3.8, 4) is 11.1 Å². The summed E-state index contributed by atoms with van der Waals surface area (Å²) >= 11 is 0. The van der Waals surface area contributed by atoms with Crippen LogP contribution in [0.25, 0.3) is 24.3 Å². The van der Waals surface area contributed by atoms with Gasteiger partial charge in [0.05, 0.1) is 11.3 Å². The van der Waals surface area contributed by atoms with E-state index in [4.69, 9.17) is 4.74 Å². The molecule has 1 unspecified atom stereocenters. The first-order valence-corrected chi connectivity index (χ1v) is 8.74. The number of carboxylic acid groups (broad SMARTS) is 1. The van der Waals surface area contributed by atoms with E-state index in [2.05, 4.69) is 13.2 Å². The van der Waals surface area contributed by atoms with Gasteiger partial charge in [0.25, 0.3) is 5.56 Å². The zero-order valence-corrected chi connectivity index (χ0v) is 16.8. The summed E-state index contributed by atoms with van der Waals surface area (Å²) in [5.74, 6) is -1.17. The van der Waals surface area contributed by atoms with E-state index in [1.54, 1.807) is 20.8 Å². The van der Waals surface area contributed by atoms with E-state index >= 15 is 0 Å². The van der Waals surface area contributed by atoms with Crippen molar-refractivity contribution in [1.29, 1.82) is 0 Å². The van der Waals surface area contributed by atoms with Crippen LogP contribution in [0.5, 0.6) is 0 Å². The SMILES string of the molecule is C=c1c(-c2ccc(C)c(C)c2)c(C(OC(C)(C)C)C(=O)O)n(C)c(=O)c1=C. The molecule has 1 aromatic heterocycles. The molecule has 2 aromatic rings. The third-order valence-corrected chi connectivity index (χ3v) is 4.59. The van der Waals surface area contributed by atoms with Gasteiger partial charge >= 0.3 is 5.97 Å². The van der Waals surface area contributed by atoms with E-state index < -0.39 is 17.7 Å². The fourth-order valence-corrected chi connectivity index (χ4v) is 3.02. The molecule has 0 spiro atoms. The fourth-order valence-electron chi connectivity index (χ4n) is 3.02. The smallest absolute Gasteiger partial charge is 0.339 e. The van der Waals surface area contributed by atoms with Crippen molar-refractivity contribution in [1.82, 2.24) is 4.57 Å². The molecule has 1 heterocycles. The Hall–Kier alpha value is -2.66. The maximum atomic E-state index is 12.6. The topological polar surface area (TPSA) is 68.5 Å². The predicted molar refractivity (Wildman–Crippen MR) is 108 cm³/mol. The Morgan fingerprint density at radius 2 is 1.74 bits per heavy atom. The quantitative estimate of drug-likeness (QED) is 0.899. The van der Waals surface area contributed by atoms with Gasteiger partial charge in [-0.05, 0) is 56.5 Å². The van der Waals surface area contributed by atoms with Gasteiger partial charge in [-0.1, -0.05) is 31.4 Å². The van der Waals surface area contributed by atoms with E-state index in [0.717, 1.165) is 16.7 Å². The summed E-state index contributed by atoms with van der Waals surface area (Å²) in [6, 6.07) is 5.82. The summed E-state index contributed by atoms with van der Waals surface area (Å²) in [7, 11) is 1.54. The number of rotatable bonds is 4. The third-order valence-electron chi connectivity index (χ3n) is 4.59. The van der Waals surface area contributed by atoms with Gasteiger partial charge in [-0.3, -0.25) is 4.79 Å². The second-order valence-electron chi connectivity index (χ2n) is 7.83. The van der Waals surface area contributed by atoms with Gasteiger partial charge in [-0.25, -0.2) is 4.79 Å². The first kappa shape index (κ1) is 20.6. The standard InChI is InChI=1S/C22H27NO4/c1-12-9-10-16(11-13(12)2)17-14(3)15(4)20(24)23(8)18(17)19(21(25)26)27-22(5,6)7/h9-11,19H,3-4H2,1-2,5-8H3,(H,25,26). The van der Waals surface area contributed by atoms with Crippen molar-refractivity contribution in [2.75, 3.05) is 0 Å². The van der Waals surface area contributed by atoms with Gasteiger partial charge < -0.3 is 14.4 Å². The number of benzene rings is 1. The highest BCUT2D eigenvalue weighted by atomic mass is 16.5. The van der Waals surface area contributed by atoms with Gasteiger partial charge in [0, 0.05) is 17.8 Å². The Bertz CT molecular complexity index is 1060. The molecule has 0 amide bonds. The van der Waals surface area contributed by atoms with Crippen LogP contribution in [0.1, 0.15) is 43.7 Å². The highest BCUT2D eigenvalue weighted by molar-refractivity contribution is 5.79. The van der Waals surface area contributed by atoms with Crippen LogP contribution < -0.4 is 16.0 Å². The molecule has 144 valence electrons. The second-order valence-corrected chi connectivity index (χ2v) is 7.83. The number of aromatic nitrogens is 1. The van der Waals surface area contributed by atoms with Crippen LogP contribution in [0.4, 0.5) is 0 Å². The van der Waals surface area contributed by atoms with E-state index in [1.807, 2.05) is 32.0 Å². The van der Waals surface area contributed by atoms with Crippen molar-refractivity contribution in [2.45, 2.75) is 46.3 Å². The van der Waals surface area contributed by atoms with E-state index in [9.17, 15) is 14.7 Å². The molecule has 0 aliphatic heterocycles. The van der Waals surface area contributed by atoms with Gasteiger partial charge in [0.1, 0.15) is 0 Å². The summed E-state index contributed by atoms with van der Waals surface area (Å²) in [4.78, 5) is 24.7. The lowest BCUT2D eigenvalue weighted by molar-refractivity contribution is -0.161. The van der Waals surface area contributed by atoms with Crippen LogP contribution in [0.2, 0.25) is 0 Å². The lowest BCUT2D eigenvalue weighted by Gasteiger charge is -2.28. The van der Waals surface area contributed by atoms with Crippen LogP contribution in [0.3, 0.4) is 0 Å². The fraction of sp³-hybridized carbons (Fsp3) is 0.364. The Balaban J connectivity index is 2.97. The molecule has 0 aliphatic carbocycles.